The maximum Gasteiger partial charge on any atom is 0.191 e. The molecule has 1 aliphatic heterocycles. The third-order valence-electron chi connectivity index (χ3n) is 3.26. The molecule has 0 bridgehead atoms. The molecule has 0 spiro atoms. The summed E-state index contributed by atoms with van der Waals surface area (Å²) in [5.74, 6) is 0.522. The molecule has 0 fully saturated rings. The summed E-state index contributed by atoms with van der Waals surface area (Å²) in [5.41, 5.74) is 0.728. The second-order valence-corrected chi connectivity index (χ2v) is 5.78. The monoisotopic (exact) mass is 283 g/mol. The van der Waals surface area contributed by atoms with Crippen molar-refractivity contribution in [3.05, 3.63) is 34.6 Å². The van der Waals surface area contributed by atoms with Gasteiger partial charge in [-0.1, -0.05) is 31.5 Å². The Labute approximate surface area is 118 Å². The average molecular weight is 284 g/mol. The van der Waals surface area contributed by atoms with E-state index in [0.29, 0.717) is 11.6 Å². The quantitative estimate of drug-likeness (QED) is 0.895. The Bertz CT molecular complexity index is 486. The fourth-order valence-corrected chi connectivity index (χ4v) is 2.51. The first-order valence-corrected chi connectivity index (χ1v) is 6.84. The van der Waals surface area contributed by atoms with Crippen LogP contribution in [0.2, 0.25) is 5.02 Å². The Morgan fingerprint density at radius 2 is 2.26 bits per heavy atom. The van der Waals surface area contributed by atoms with Crippen molar-refractivity contribution in [3.8, 4) is 0 Å². The van der Waals surface area contributed by atoms with Crippen LogP contribution < -0.4 is 10.6 Å². The van der Waals surface area contributed by atoms with Crippen molar-refractivity contribution in [2.24, 2.45) is 4.99 Å². The summed E-state index contributed by atoms with van der Waals surface area (Å²) in [5, 5.41) is 6.96. The van der Waals surface area contributed by atoms with E-state index in [4.69, 9.17) is 11.6 Å². The molecule has 0 saturated carbocycles. The van der Waals surface area contributed by atoms with Crippen molar-refractivity contribution in [3.63, 3.8) is 0 Å². The maximum absolute atomic E-state index is 13.1. The first-order valence-electron chi connectivity index (χ1n) is 6.47. The standard InChI is InChI=1S/C14H19ClFN3/c1-14(2,9-19-13-17-6-3-7-18-13)11-5-4-10(16)8-12(11)15/h4-5,8H,3,6-7,9H2,1-2H3,(H2,17,18,19). The van der Waals surface area contributed by atoms with Crippen LogP contribution in [0.1, 0.15) is 25.8 Å². The van der Waals surface area contributed by atoms with E-state index in [1.165, 1.54) is 12.1 Å². The van der Waals surface area contributed by atoms with Crippen LogP contribution in [-0.2, 0) is 5.41 Å². The molecule has 0 atom stereocenters. The molecule has 2 rings (SSSR count). The van der Waals surface area contributed by atoms with Gasteiger partial charge in [0.15, 0.2) is 5.96 Å². The summed E-state index contributed by atoms with van der Waals surface area (Å²) in [7, 11) is 0. The van der Waals surface area contributed by atoms with Gasteiger partial charge in [-0.05, 0) is 24.1 Å². The van der Waals surface area contributed by atoms with Gasteiger partial charge >= 0.3 is 0 Å². The molecule has 2 N–H and O–H groups in total. The van der Waals surface area contributed by atoms with Gasteiger partial charge in [0.1, 0.15) is 5.82 Å². The van der Waals surface area contributed by atoms with Crippen LogP contribution in [0.5, 0.6) is 0 Å². The number of halogens is 2. The van der Waals surface area contributed by atoms with Crippen LogP contribution >= 0.6 is 11.6 Å². The van der Waals surface area contributed by atoms with Gasteiger partial charge in [-0.25, -0.2) is 4.39 Å². The number of rotatable bonds is 3. The third-order valence-corrected chi connectivity index (χ3v) is 3.57. The summed E-state index contributed by atoms with van der Waals surface area (Å²) in [6.45, 7) is 6.63. The summed E-state index contributed by atoms with van der Waals surface area (Å²) in [4.78, 5) is 4.36. The van der Waals surface area contributed by atoms with Crippen molar-refractivity contribution in [1.29, 1.82) is 0 Å². The highest BCUT2D eigenvalue weighted by atomic mass is 35.5. The van der Waals surface area contributed by atoms with Gasteiger partial charge in [0.25, 0.3) is 0 Å². The molecule has 19 heavy (non-hydrogen) atoms. The molecule has 0 aliphatic carbocycles. The molecule has 1 aromatic carbocycles. The van der Waals surface area contributed by atoms with Crippen molar-refractivity contribution in [2.75, 3.05) is 19.6 Å². The lowest BCUT2D eigenvalue weighted by Gasteiger charge is -2.28. The predicted molar refractivity (Wildman–Crippen MR) is 77.4 cm³/mol. The fraction of sp³-hybridized carbons (Fsp3) is 0.500. The van der Waals surface area contributed by atoms with E-state index < -0.39 is 0 Å². The van der Waals surface area contributed by atoms with Crippen LogP contribution in [0.4, 0.5) is 4.39 Å². The lowest BCUT2D eigenvalue weighted by atomic mass is 9.84. The van der Waals surface area contributed by atoms with Gasteiger partial charge in [0, 0.05) is 30.1 Å². The molecule has 5 heteroatoms. The molecule has 1 aromatic rings. The smallest absolute Gasteiger partial charge is 0.191 e. The minimum absolute atomic E-state index is 0.202. The van der Waals surface area contributed by atoms with Gasteiger partial charge in [0.05, 0.1) is 0 Å². The van der Waals surface area contributed by atoms with E-state index in [-0.39, 0.29) is 11.2 Å². The molecule has 0 amide bonds. The van der Waals surface area contributed by atoms with Gasteiger partial charge in [0.2, 0.25) is 0 Å². The van der Waals surface area contributed by atoms with E-state index in [0.717, 1.165) is 31.0 Å². The van der Waals surface area contributed by atoms with Gasteiger partial charge in [-0.2, -0.15) is 0 Å². The predicted octanol–water partition coefficient (Wildman–Crippen LogP) is 2.70. The Kier molecular flexibility index (Phi) is 4.30. The van der Waals surface area contributed by atoms with E-state index in [1.54, 1.807) is 6.07 Å². The zero-order chi connectivity index (χ0) is 13.9. The number of hydrogen-bond donors (Lipinski definition) is 2. The highest BCUT2D eigenvalue weighted by Gasteiger charge is 2.24. The molecule has 104 valence electrons. The number of benzene rings is 1. The van der Waals surface area contributed by atoms with Gasteiger partial charge in [-0.15, -0.1) is 0 Å². The van der Waals surface area contributed by atoms with Gasteiger partial charge in [-0.3, -0.25) is 4.99 Å². The van der Waals surface area contributed by atoms with E-state index >= 15 is 0 Å². The zero-order valence-corrected chi connectivity index (χ0v) is 12.0. The molecule has 0 unspecified atom stereocenters. The Balaban J connectivity index is 2.06. The number of guanidine groups is 1. The SMILES string of the molecule is CC(C)(CNC1=NCCCN1)c1ccc(F)cc1Cl. The van der Waals surface area contributed by atoms with Crippen molar-refractivity contribution in [1.82, 2.24) is 10.6 Å². The summed E-state index contributed by atoms with van der Waals surface area (Å²) in [6.07, 6.45) is 1.07. The summed E-state index contributed by atoms with van der Waals surface area (Å²) in [6, 6.07) is 4.55. The topological polar surface area (TPSA) is 36.4 Å². The molecule has 0 saturated heterocycles. The van der Waals surface area contributed by atoms with Crippen LogP contribution in [0.25, 0.3) is 0 Å². The number of hydrogen-bond acceptors (Lipinski definition) is 3. The van der Waals surface area contributed by atoms with Crippen molar-refractivity contribution >= 4 is 17.6 Å². The zero-order valence-electron chi connectivity index (χ0n) is 11.3. The molecule has 1 aliphatic rings. The summed E-state index contributed by atoms with van der Waals surface area (Å²) >= 11 is 6.12. The van der Waals surface area contributed by atoms with Crippen LogP contribution in [0, 0.1) is 5.82 Å². The van der Waals surface area contributed by atoms with Crippen molar-refractivity contribution < 1.29 is 4.39 Å². The van der Waals surface area contributed by atoms with E-state index in [1.807, 2.05) is 0 Å². The highest BCUT2D eigenvalue weighted by molar-refractivity contribution is 6.31. The molecular weight excluding hydrogens is 265 g/mol. The first kappa shape index (κ1) is 14.1. The second-order valence-electron chi connectivity index (χ2n) is 5.37. The molecule has 3 nitrogen and oxygen atoms in total. The maximum atomic E-state index is 13.1. The Hall–Kier alpha value is -1.29. The lowest BCUT2D eigenvalue weighted by Crippen LogP contribution is -2.45. The number of nitrogens with one attached hydrogen (secondary N) is 2. The fourth-order valence-electron chi connectivity index (χ4n) is 2.09. The lowest BCUT2D eigenvalue weighted by molar-refractivity contribution is 0.504. The number of aliphatic imine (C=N–C) groups is 1. The minimum Gasteiger partial charge on any atom is -0.356 e. The van der Waals surface area contributed by atoms with Crippen molar-refractivity contribution in [2.45, 2.75) is 25.7 Å². The highest BCUT2D eigenvalue weighted by Crippen LogP contribution is 2.29. The average Bonchev–Trinajstić information content (AvgIpc) is 2.37. The minimum atomic E-state index is -0.309. The first-order chi connectivity index (χ1) is 8.99. The molecule has 0 aromatic heterocycles. The summed E-state index contributed by atoms with van der Waals surface area (Å²) < 4.78 is 13.1. The van der Waals surface area contributed by atoms with E-state index in [2.05, 4.69) is 29.5 Å². The Morgan fingerprint density at radius 3 is 2.89 bits per heavy atom. The molecule has 0 radical (unpaired) electrons. The van der Waals surface area contributed by atoms with Crippen LogP contribution in [0.15, 0.2) is 23.2 Å². The third kappa shape index (κ3) is 3.60. The normalized spacial score (nSPS) is 15.7. The number of nitrogens with zero attached hydrogens (tertiary/aromatic N) is 1. The molecular formula is C14H19ClFN3. The van der Waals surface area contributed by atoms with E-state index in [9.17, 15) is 4.39 Å². The van der Waals surface area contributed by atoms with Crippen LogP contribution in [0.3, 0.4) is 0 Å². The van der Waals surface area contributed by atoms with Crippen LogP contribution in [-0.4, -0.2) is 25.6 Å². The van der Waals surface area contributed by atoms with Gasteiger partial charge < -0.3 is 10.6 Å². The second kappa shape index (κ2) is 5.78. The largest absolute Gasteiger partial charge is 0.356 e. The Morgan fingerprint density at radius 1 is 1.47 bits per heavy atom. The molecule has 1 heterocycles.